The predicted molar refractivity (Wildman–Crippen MR) is 90.7 cm³/mol. The lowest BCUT2D eigenvalue weighted by atomic mass is 10.0. The number of aromatic nitrogens is 2. The number of nitrogens with two attached hydrogens (primary N) is 1. The molecule has 21 heavy (non-hydrogen) atoms. The van der Waals surface area contributed by atoms with E-state index in [1.807, 2.05) is 12.1 Å². The van der Waals surface area contributed by atoms with Gasteiger partial charge in [0.25, 0.3) is 0 Å². The molecule has 1 atom stereocenters. The Bertz CT molecular complexity index is 611. The average molecular weight is 288 g/mol. The van der Waals surface area contributed by atoms with Crippen molar-refractivity contribution in [3.05, 3.63) is 24.0 Å². The Kier molecular flexibility index (Phi) is 4.57. The van der Waals surface area contributed by atoms with Crippen molar-refractivity contribution in [3.8, 4) is 0 Å². The highest BCUT2D eigenvalue weighted by Gasteiger charge is 2.24. The minimum Gasteiger partial charge on any atom is -0.399 e. The Morgan fingerprint density at radius 1 is 1.19 bits per heavy atom. The van der Waals surface area contributed by atoms with Crippen LogP contribution in [0.4, 0.5) is 5.69 Å². The minimum absolute atomic E-state index is 0.391. The number of benzene rings is 1. The van der Waals surface area contributed by atoms with Crippen LogP contribution in [0.1, 0.15) is 45.5 Å². The maximum absolute atomic E-state index is 5.92. The summed E-state index contributed by atoms with van der Waals surface area (Å²) in [6.07, 6.45) is 0. The fraction of sp³-hybridized carbons (Fsp3) is 0.588. The smallest absolute Gasteiger partial charge is 0.112 e. The highest BCUT2D eigenvalue weighted by Crippen LogP contribution is 2.30. The number of nitrogen functional groups attached to an aromatic ring is 1. The SMILES string of the molecule is CC(C)c1nc2cc(N)ccc2n1C(CN(C)C)C(C)C. The molecule has 0 aliphatic heterocycles. The Labute approximate surface area is 128 Å². The lowest BCUT2D eigenvalue weighted by Crippen LogP contribution is -2.29. The van der Waals surface area contributed by atoms with Gasteiger partial charge < -0.3 is 15.2 Å². The van der Waals surface area contributed by atoms with E-state index >= 15 is 0 Å². The third-order valence-electron chi connectivity index (χ3n) is 3.91. The van der Waals surface area contributed by atoms with Crippen LogP contribution < -0.4 is 5.73 Å². The molecular formula is C17H28N4. The lowest BCUT2D eigenvalue weighted by molar-refractivity contribution is 0.268. The van der Waals surface area contributed by atoms with Crippen molar-refractivity contribution in [2.45, 2.75) is 39.7 Å². The predicted octanol–water partition coefficient (Wildman–Crippen LogP) is 3.50. The molecule has 1 aromatic carbocycles. The van der Waals surface area contributed by atoms with Gasteiger partial charge in [-0.2, -0.15) is 0 Å². The van der Waals surface area contributed by atoms with Gasteiger partial charge in [0, 0.05) is 18.2 Å². The van der Waals surface area contributed by atoms with E-state index in [4.69, 9.17) is 10.7 Å². The Hall–Kier alpha value is -1.55. The second-order valence-corrected chi connectivity index (χ2v) is 6.82. The molecule has 1 heterocycles. The van der Waals surface area contributed by atoms with Gasteiger partial charge in [0.2, 0.25) is 0 Å². The monoisotopic (exact) mass is 288 g/mol. The summed E-state index contributed by atoms with van der Waals surface area (Å²) < 4.78 is 2.42. The molecule has 0 aliphatic rings. The van der Waals surface area contributed by atoms with E-state index in [1.54, 1.807) is 0 Å². The van der Waals surface area contributed by atoms with Gasteiger partial charge in [-0.3, -0.25) is 0 Å². The van der Waals surface area contributed by atoms with E-state index in [0.717, 1.165) is 23.6 Å². The summed E-state index contributed by atoms with van der Waals surface area (Å²) in [7, 11) is 4.25. The topological polar surface area (TPSA) is 47.1 Å². The van der Waals surface area contributed by atoms with Gasteiger partial charge in [-0.1, -0.05) is 27.7 Å². The molecule has 0 spiro atoms. The number of anilines is 1. The molecule has 4 nitrogen and oxygen atoms in total. The fourth-order valence-electron chi connectivity index (χ4n) is 2.85. The van der Waals surface area contributed by atoms with Crippen LogP contribution in [0.5, 0.6) is 0 Å². The highest BCUT2D eigenvalue weighted by molar-refractivity contribution is 5.80. The number of hydrogen-bond donors (Lipinski definition) is 1. The van der Waals surface area contributed by atoms with Crippen LogP contribution >= 0.6 is 0 Å². The van der Waals surface area contributed by atoms with Gasteiger partial charge in [0.1, 0.15) is 5.82 Å². The maximum atomic E-state index is 5.92. The Morgan fingerprint density at radius 2 is 1.86 bits per heavy atom. The number of nitrogens with zero attached hydrogens (tertiary/aromatic N) is 3. The number of rotatable bonds is 5. The van der Waals surface area contributed by atoms with E-state index in [1.165, 1.54) is 5.52 Å². The third kappa shape index (κ3) is 3.21. The quantitative estimate of drug-likeness (QED) is 0.857. The van der Waals surface area contributed by atoms with Crippen molar-refractivity contribution in [1.29, 1.82) is 0 Å². The van der Waals surface area contributed by atoms with E-state index in [9.17, 15) is 0 Å². The molecule has 1 unspecified atom stereocenters. The molecular weight excluding hydrogens is 260 g/mol. The molecule has 0 saturated carbocycles. The summed E-state index contributed by atoms with van der Waals surface area (Å²) in [6.45, 7) is 9.97. The molecule has 116 valence electrons. The third-order valence-corrected chi connectivity index (χ3v) is 3.91. The molecule has 0 amide bonds. The average Bonchev–Trinajstić information content (AvgIpc) is 2.73. The number of hydrogen-bond acceptors (Lipinski definition) is 3. The summed E-state index contributed by atoms with van der Waals surface area (Å²) in [4.78, 5) is 7.10. The molecule has 0 saturated heterocycles. The van der Waals surface area contributed by atoms with Crippen LogP contribution in [0.3, 0.4) is 0 Å². The lowest BCUT2D eigenvalue weighted by Gasteiger charge is -2.29. The summed E-state index contributed by atoms with van der Waals surface area (Å²) in [5.74, 6) is 2.08. The first-order chi connectivity index (χ1) is 9.81. The van der Waals surface area contributed by atoms with Crippen LogP contribution in [-0.2, 0) is 0 Å². The summed E-state index contributed by atoms with van der Waals surface area (Å²) in [5.41, 5.74) is 8.88. The Morgan fingerprint density at radius 3 is 2.38 bits per heavy atom. The first-order valence-corrected chi connectivity index (χ1v) is 7.73. The van der Waals surface area contributed by atoms with Gasteiger partial charge in [0.15, 0.2) is 0 Å². The largest absolute Gasteiger partial charge is 0.399 e. The normalized spacial score (nSPS) is 13.8. The zero-order valence-electron chi connectivity index (χ0n) is 14.1. The van der Waals surface area contributed by atoms with Crippen LogP contribution in [0, 0.1) is 5.92 Å². The second-order valence-electron chi connectivity index (χ2n) is 6.82. The van der Waals surface area contributed by atoms with Crippen molar-refractivity contribution >= 4 is 16.7 Å². The van der Waals surface area contributed by atoms with E-state index < -0.39 is 0 Å². The molecule has 0 fully saturated rings. The molecule has 0 radical (unpaired) electrons. The zero-order valence-corrected chi connectivity index (χ0v) is 14.1. The van der Waals surface area contributed by atoms with E-state index in [0.29, 0.717) is 17.9 Å². The van der Waals surface area contributed by atoms with Gasteiger partial charge in [-0.15, -0.1) is 0 Å². The molecule has 2 rings (SSSR count). The molecule has 2 N–H and O–H groups in total. The van der Waals surface area contributed by atoms with Crippen LogP contribution in [-0.4, -0.2) is 35.1 Å². The first kappa shape index (κ1) is 15.8. The summed E-state index contributed by atoms with van der Waals surface area (Å²) in [6, 6.07) is 6.46. The minimum atomic E-state index is 0.391. The van der Waals surface area contributed by atoms with Gasteiger partial charge in [-0.05, 0) is 38.2 Å². The molecule has 4 heteroatoms. The highest BCUT2D eigenvalue weighted by atomic mass is 15.2. The van der Waals surface area contributed by atoms with Crippen LogP contribution in [0.15, 0.2) is 18.2 Å². The number of likely N-dealkylation sites (N-methyl/N-ethyl adjacent to an activating group) is 1. The zero-order chi connectivity index (χ0) is 15.7. The van der Waals surface area contributed by atoms with Crippen LogP contribution in [0.2, 0.25) is 0 Å². The Balaban J connectivity index is 2.65. The number of imidazole rings is 1. The molecule has 1 aromatic heterocycles. The maximum Gasteiger partial charge on any atom is 0.112 e. The van der Waals surface area contributed by atoms with Crippen molar-refractivity contribution in [2.24, 2.45) is 5.92 Å². The fourth-order valence-corrected chi connectivity index (χ4v) is 2.85. The van der Waals surface area contributed by atoms with Crippen molar-refractivity contribution in [3.63, 3.8) is 0 Å². The first-order valence-electron chi connectivity index (χ1n) is 7.73. The van der Waals surface area contributed by atoms with Gasteiger partial charge in [-0.25, -0.2) is 4.98 Å². The molecule has 0 aliphatic carbocycles. The van der Waals surface area contributed by atoms with Gasteiger partial charge in [0.05, 0.1) is 17.1 Å². The van der Waals surface area contributed by atoms with E-state index in [-0.39, 0.29) is 0 Å². The van der Waals surface area contributed by atoms with E-state index in [2.05, 4.69) is 57.3 Å². The summed E-state index contributed by atoms with van der Waals surface area (Å²) >= 11 is 0. The number of fused-ring (bicyclic) bond motifs is 1. The van der Waals surface area contributed by atoms with Crippen molar-refractivity contribution in [1.82, 2.24) is 14.5 Å². The van der Waals surface area contributed by atoms with Crippen LogP contribution in [0.25, 0.3) is 11.0 Å². The standard InChI is InChI=1S/C17H28N4/c1-11(2)16(10-20(5)6)21-15-8-7-13(18)9-14(15)19-17(21)12(3)4/h7-9,11-12,16H,10,18H2,1-6H3. The second kappa shape index (κ2) is 6.06. The van der Waals surface area contributed by atoms with Crippen molar-refractivity contribution < 1.29 is 0 Å². The van der Waals surface area contributed by atoms with Gasteiger partial charge >= 0.3 is 0 Å². The molecule has 2 aromatic rings. The summed E-state index contributed by atoms with van der Waals surface area (Å²) in [5, 5.41) is 0. The molecule has 0 bridgehead atoms. The van der Waals surface area contributed by atoms with Crippen molar-refractivity contribution in [2.75, 3.05) is 26.4 Å².